The van der Waals surface area contributed by atoms with Crippen LogP contribution in [0.3, 0.4) is 0 Å². The number of anilines is 1. The standard InChI is InChI=1S/C30H31N5O3S/c1-3-27(36)35-14-5-6-23-25(35)7-4-8-26(23)38-29-28-24(13-19-39-28)31-30(32-29)37-22-11-9-21(10-12-22)20-34-17-15-33(2)16-18-34/h3-4,7-13,19H,1,5-6,14-18,20H2,2H3. The van der Waals surface area contributed by atoms with Crippen molar-refractivity contribution in [3.63, 3.8) is 0 Å². The Morgan fingerprint density at radius 3 is 2.64 bits per heavy atom. The van der Waals surface area contributed by atoms with Gasteiger partial charge in [-0.25, -0.2) is 0 Å². The van der Waals surface area contributed by atoms with Gasteiger partial charge in [0.25, 0.3) is 0 Å². The molecular formula is C30H31N5O3S. The van der Waals surface area contributed by atoms with Gasteiger partial charge in [-0.15, -0.1) is 11.3 Å². The van der Waals surface area contributed by atoms with Gasteiger partial charge >= 0.3 is 6.01 Å². The van der Waals surface area contributed by atoms with E-state index in [0.717, 1.165) is 67.0 Å². The summed E-state index contributed by atoms with van der Waals surface area (Å²) in [6, 6.07) is 16.1. The predicted octanol–water partition coefficient (Wildman–Crippen LogP) is 5.49. The van der Waals surface area contributed by atoms with Gasteiger partial charge in [0.05, 0.1) is 11.2 Å². The minimum Gasteiger partial charge on any atom is -0.437 e. The van der Waals surface area contributed by atoms with Crippen LogP contribution >= 0.6 is 11.3 Å². The van der Waals surface area contributed by atoms with Crippen molar-refractivity contribution in [2.24, 2.45) is 0 Å². The summed E-state index contributed by atoms with van der Waals surface area (Å²) in [7, 11) is 2.17. The average molecular weight is 542 g/mol. The molecule has 0 bridgehead atoms. The number of piperazine rings is 1. The Morgan fingerprint density at radius 2 is 1.85 bits per heavy atom. The van der Waals surface area contributed by atoms with Gasteiger partial charge < -0.3 is 19.3 Å². The molecule has 0 spiro atoms. The maximum atomic E-state index is 12.4. The number of rotatable bonds is 7. The van der Waals surface area contributed by atoms with E-state index < -0.39 is 0 Å². The Labute approximate surface area is 232 Å². The number of carbonyl (C=O) groups is 1. The van der Waals surface area contributed by atoms with E-state index in [0.29, 0.717) is 23.9 Å². The number of carbonyl (C=O) groups excluding carboxylic acids is 1. The summed E-state index contributed by atoms with van der Waals surface area (Å²) in [5.74, 6) is 1.69. The minimum atomic E-state index is -0.110. The maximum Gasteiger partial charge on any atom is 0.325 e. The van der Waals surface area contributed by atoms with Crippen LogP contribution in [0.25, 0.3) is 10.2 Å². The third kappa shape index (κ3) is 5.52. The van der Waals surface area contributed by atoms with E-state index in [1.54, 1.807) is 4.90 Å². The average Bonchev–Trinajstić information content (AvgIpc) is 3.44. The molecule has 0 saturated carbocycles. The number of nitrogens with zero attached hydrogens (tertiary/aromatic N) is 5. The lowest BCUT2D eigenvalue weighted by Gasteiger charge is -2.32. The Bertz CT molecular complexity index is 1490. The van der Waals surface area contributed by atoms with Gasteiger partial charge in [0, 0.05) is 44.8 Å². The molecule has 0 atom stereocenters. The van der Waals surface area contributed by atoms with Crippen LogP contribution in [0.1, 0.15) is 17.5 Å². The van der Waals surface area contributed by atoms with Crippen molar-refractivity contribution >= 4 is 33.1 Å². The fourth-order valence-electron chi connectivity index (χ4n) is 5.10. The zero-order valence-electron chi connectivity index (χ0n) is 22.0. The molecule has 0 aliphatic carbocycles. The number of fused-ring (bicyclic) bond motifs is 2. The third-order valence-electron chi connectivity index (χ3n) is 7.24. The monoisotopic (exact) mass is 541 g/mol. The normalized spacial score (nSPS) is 16.2. The van der Waals surface area contributed by atoms with Crippen molar-refractivity contribution in [1.29, 1.82) is 0 Å². The van der Waals surface area contributed by atoms with E-state index in [2.05, 4.69) is 45.5 Å². The molecule has 8 nitrogen and oxygen atoms in total. The summed E-state index contributed by atoms with van der Waals surface area (Å²) in [5.41, 5.74) is 3.86. The third-order valence-corrected chi connectivity index (χ3v) is 8.13. The summed E-state index contributed by atoms with van der Waals surface area (Å²) in [6.45, 7) is 9.61. The Morgan fingerprint density at radius 1 is 1.03 bits per heavy atom. The summed E-state index contributed by atoms with van der Waals surface area (Å²) < 4.78 is 13.3. The Kier molecular flexibility index (Phi) is 7.28. The second-order valence-electron chi connectivity index (χ2n) is 9.93. The van der Waals surface area contributed by atoms with Gasteiger partial charge in [-0.3, -0.25) is 9.69 Å². The number of aromatic nitrogens is 2. The van der Waals surface area contributed by atoms with Crippen molar-refractivity contribution < 1.29 is 14.3 Å². The number of likely N-dealkylation sites (N-methyl/N-ethyl adjacent to an activating group) is 1. The summed E-state index contributed by atoms with van der Waals surface area (Å²) in [6.07, 6.45) is 3.02. The van der Waals surface area contributed by atoms with Crippen molar-refractivity contribution in [3.8, 4) is 23.4 Å². The van der Waals surface area contributed by atoms with E-state index in [1.807, 2.05) is 41.8 Å². The van der Waals surface area contributed by atoms with Crippen molar-refractivity contribution in [2.45, 2.75) is 19.4 Å². The highest BCUT2D eigenvalue weighted by atomic mass is 32.1. The van der Waals surface area contributed by atoms with E-state index in [1.165, 1.54) is 23.0 Å². The number of hydrogen-bond acceptors (Lipinski definition) is 8. The lowest BCUT2D eigenvalue weighted by Crippen LogP contribution is -2.43. The molecule has 200 valence electrons. The van der Waals surface area contributed by atoms with Crippen LogP contribution in [0.15, 0.2) is 66.6 Å². The molecule has 39 heavy (non-hydrogen) atoms. The molecule has 2 aromatic heterocycles. The molecule has 4 heterocycles. The first kappa shape index (κ1) is 25.5. The minimum absolute atomic E-state index is 0.110. The molecule has 4 aromatic rings. The molecule has 1 saturated heterocycles. The first-order valence-corrected chi connectivity index (χ1v) is 14.1. The first-order chi connectivity index (χ1) is 19.1. The van der Waals surface area contributed by atoms with Crippen LogP contribution in [0.2, 0.25) is 0 Å². The lowest BCUT2D eigenvalue weighted by molar-refractivity contribution is -0.114. The Balaban J connectivity index is 1.22. The highest BCUT2D eigenvalue weighted by Gasteiger charge is 2.24. The van der Waals surface area contributed by atoms with Gasteiger partial charge in [-0.1, -0.05) is 24.8 Å². The molecular weight excluding hydrogens is 510 g/mol. The molecule has 0 unspecified atom stereocenters. The smallest absolute Gasteiger partial charge is 0.325 e. The molecule has 2 aromatic carbocycles. The van der Waals surface area contributed by atoms with Gasteiger partial charge in [0.15, 0.2) is 0 Å². The van der Waals surface area contributed by atoms with E-state index >= 15 is 0 Å². The van der Waals surface area contributed by atoms with Crippen LogP contribution in [0.5, 0.6) is 23.4 Å². The fraction of sp³-hybridized carbons (Fsp3) is 0.300. The second kappa shape index (κ2) is 11.1. The molecule has 2 aliphatic heterocycles. The van der Waals surface area contributed by atoms with Gasteiger partial charge in [-0.05, 0) is 67.2 Å². The highest BCUT2D eigenvalue weighted by molar-refractivity contribution is 7.17. The Hall–Kier alpha value is -3.79. The maximum absolute atomic E-state index is 12.4. The molecule has 9 heteroatoms. The van der Waals surface area contributed by atoms with Crippen LogP contribution in [-0.2, 0) is 17.8 Å². The van der Waals surface area contributed by atoms with Gasteiger partial charge in [-0.2, -0.15) is 9.97 Å². The first-order valence-electron chi connectivity index (χ1n) is 13.2. The fourth-order valence-corrected chi connectivity index (χ4v) is 5.85. The molecule has 0 N–H and O–H groups in total. The quantitative estimate of drug-likeness (QED) is 0.287. The number of thiophene rings is 1. The zero-order valence-corrected chi connectivity index (χ0v) is 22.8. The zero-order chi connectivity index (χ0) is 26.8. The summed E-state index contributed by atoms with van der Waals surface area (Å²) in [4.78, 5) is 28.3. The number of ether oxygens (including phenoxy) is 2. The number of amides is 1. The number of hydrogen-bond donors (Lipinski definition) is 0. The van der Waals surface area contributed by atoms with Gasteiger partial charge in [0.1, 0.15) is 16.2 Å². The SMILES string of the molecule is C=CC(=O)N1CCCc2c(Oc3nc(Oc4ccc(CN5CCN(C)CC5)cc4)nc4ccsc34)cccc21. The highest BCUT2D eigenvalue weighted by Crippen LogP contribution is 2.39. The van der Waals surface area contributed by atoms with Crippen molar-refractivity contribution in [2.75, 3.05) is 44.7 Å². The molecule has 1 amide bonds. The van der Waals surface area contributed by atoms with E-state index in [9.17, 15) is 4.79 Å². The summed E-state index contributed by atoms with van der Waals surface area (Å²) >= 11 is 1.52. The van der Waals surface area contributed by atoms with Crippen LogP contribution in [0.4, 0.5) is 5.69 Å². The summed E-state index contributed by atoms with van der Waals surface area (Å²) in [5, 5.41) is 1.97. The number of benzene rings is 2. The molecule has 2 aliphatic rings. The lowest BCUT2D eigenvalue weighted by atomic mass is 10.0. The molecule has 1 fully saturated rings. The van der Waals surface area contributed by atoms with Gasteiger partial charge in [0.2, 0.25) is 11.8 Å². The van der Waals surface area contributed by atoms with Crippen molar-refractivity contribution in [1.82, 2.24) is 19.8 Å². The molecule has 0 radical (unpaired) electrons. The van der Waals surface area contributed by atoms with Crippen LogP contribution in [0, 0.1) is 0 Å². The van der Waals surface area contributed by atoms with E-state index in [4.69, 9.17) is 9.47 Å². The second-order valence-corrected chi connectivity index (χ2v) is 10.8. The largest absolute Gasteiger partial charge is 0.437 e. The topological polar surface area (TPSA) is 71.0 Å². The van der Waals surface area contributed by atoms with E-state index in [-0.39, 0.29) is 11.9 Å². The predicted molar refractivity (Wildman–Crippen MR) is 154 cm³/mol. The molecule has 6 rings (SSSR count). The van der Waals surface area contributed by atoms with Crippen LogP contribution in [-0.4, -0.2) is 65.4 Å². The van der Waals surface area contributed by atoms with Crippen molar-refractivity contribution in [3.05, 3.63) is 77.7 Å². The van der Waals surface area contributed by atoms with Crippen LogP contribution < -0.4 is 14.4 Å².